The molecule has 0 N–H and O–H groups in total. The van der Waals surface area contributed by atoms with E-state index in [1.807, 2.05) is 25.1 Å². The second-order valence-electron chi connectivity index (χ2n) is 7.48. The number of benzene rings is 2. The van der Waals surface area contributed by atoms with Gasteiger partial charge in [0.1, 0.15) is 12.4 Å². The number of hydrogen-bond donors (Lipinski definition) is 0. The molecule has 0 spiro atoms. The van der Waals surface area contributed by atoms with Gasteiger partial charge in [-0.3, -0.25) is 4.79 Å². The number of carbonyl (C=O) groups is 1. The van der Waals surface area contributed by atoms with Crippen molar-refractivity contribution in [2.75, 3.05) is 13.7 Å². The molecule has 0 bridgehead atoms. The standard InChI is InChI=1S/C25H20ClN3O4/c1-15-22(23(30)16-5-7-17(26)8-6-16)19-14-18(31-2)9-10-20(19)29(15)12-13-32-25-28-24-21(33-25)4-3-11-27-24/h3-11,14H,12-13H2,1-2H3. The summed E-state index contributed by atoms with van der Waals surface area (Å²) in [6, 6.07) is 16.2. The molecule has 3 aromatic heterocycles. The Morgan fingerprint density at radius 3 is 2.73 bits per heavy atom. The maximum Gasteiger partial charge on any atom is 0.396 e. The van der Waals surface area contributed by atoms with Gasteiger partial charge in [0.25, 0.3) is 0 Å². The SMILES string of the molecule is COc1ccc2c(c1)c(C(=O)c1ccc(Cl)cc1)c(C)n2CCOc1nc2ncccc2o1. The number of pyridine rings is 1. The van der Waals surface area contributed by atoms with Crippen molar-refractivity contribution in [1.29, 1.82) is 0 Å². The van der Waals surface area contributed by atoms with Gasteiger partial charge in [-0.05, 0) is 61.5 Å². The van der Waals surface area contributed by atoms with Gasteiger partial charge in [0.15, 0.2) is 11.4 Å². The first kappa shape index (κ1) is 21.0. The van der Waals surface area contributed by atoms with E-state index >= 15 is 0 Å². The van der Waals surface area contributed by atoms with Crippen LogP contribution in [0.4, 0.5) is 0 Å². The molecule has 0 saturated carbocycles. The molecule has 0 amide bonds. The van der Waals surface area contributed by atoms with Crippen LogP contribution in [0, 0.1) is 6.92 Å². The van der Waals surface area contributed by atoms with Gasteiger partial charge in [0.2, 0.25) is 5.65 Å². The molecule has 0 aliphatic carbocycles. The molecule has 2 aromatic carbocycles. The fourth-order valence-electron chi connectivity index (χ4n) is 3.94. The number of oxazole rings is 1. The maximum absolute atomic E-state index is 13.4. The Morgan fingerprint density at radius 1 is 1.15 bits per heavy atom. The van der Waals surface area contributed by atoms with E-state index in [0.29, 0.717) is 46.3 Å². The lowest BCUT2D eigenvalue weighted by Gasteiger charge is -2.09. The first-order valence-corrected chi connectivity index (χ1v) is 10.7. The normalized spacial score (nSPS) is 11.2. The van der Waals surface area contributed by atoms with Crippen molar-refractivity contribution >= 4 is 39.5 Å². The van der Waals surface area contributed by atoms with E-state index < -0.39 is 0 Å². The Kier molecular flexibility index (Phi) is 5.48. The van der Waals surface area contributed by atoms with Crippen LogP contribution in [0.1, 0.15) is 21.6 Å². The molecule has 8 heteroatoms. The zero-order valence-corrected chi connectivity index (χ0v) is 18.8. The van der Waals surface area contributed by atoms with Crippen LogP contribution in [0.25, 0.3) is 22.1 Å². The number of nitrogens with zero attached hydrogens (tertiary/aromatic N) is 3. The number of halogens is 1. The summed E-state index contributed by atoms with van der Waals surface area (Å²) in [5.74, 6) is 0.604. The van der Waals surface area contributed by atoms with Gasteiger partial charge < -0.3 is 18.5 Å². The lowest BCUT2D eigenvalue weighted by atomic mass is 10.0. The molecule has 0 aliphatic heterocycles. The third-order valence-electron chi connectivity index (χ3n) is 5.55. The van der Waals surface area contributed by atoms with Crippen molar-refractivity contribution in [2.24, 2.45) is 0 Å². The lowest BCUT2D eigenvalue weighted by molar-refractivity contribution is 0.103. The molecular formula is C25H20ClN3O4. The summed E-state index contributed by atoms with van der Waals surface area (Å²) in [5, 5.41) is 1.40. The van der Waals surface area contributed by atoms with Crippen molar-refractivity contribution in [3.8, 4) is 11.8 Å². The van der Waals surface area contributed by atoms with E-state index in [1.54, 1.807) is 49.7 Å². The first-order chi connectivity index (χ1) is 16.0. The third-order valence-corrected chi connectivity index (χ3v) is 5.80. The van der Waals surface area contributed by atoms with Gasteiger partial charge in [-0.2, -0.15) is 4.98 Å². The predicted octanol–water partition coefficient (Wildman–Crippen LogP) is 5.46. The Bertz CT molecular complexity index is 1440. The number of ketones is 1. The average Bonchev–Trinajstić information content (AvgIpc) is 3.36. The van der Waals surface area contributed by atoms with Gasteiger partial charge in [0, 0.05) is 33.4 Å². The number of carbonyl (C=O) groups excluding carboxylic acids is 1. The van der Waals surface area contributed by atoms with Gasteiger partial charge >= 0.3 is 6.08 Å². The molecule has 33 heavy (non-hydrogen) atoms. The van der Waals surface area contributed by atoms with Crippen LogP contribution in [-0.4, -0.2) is 34.0 Å². The highest BCUT2D eigenvalue weighted by Gasteiger charge is 2.22. The zero-order chi connectivity index (χ0) is 22.9. The van der Waals surface area contributed by atoms with E-state index in [2.05, 4.69) is 14.5 Å². The van der Waals surface area contributed by atoms with E-state index in [0.717, 1.165) is 16.6 Å². The Balaban J connectivity index is 1.48. The number of hydrogen-bond acceptors (Lipinski definition) is 6. The minimum Gasteiger partial charge on any atom is -0.497 e. The first-order valence-electron chi connectivity index (χ1n) is 10.4. The Hall–Kier alpha value is -3.84. The molecule has 5 aromatic rings. The number of methoxy groups -OCH3 is 1. The topological polar surface area (TPSA) is 79.4 Å². The monoisotopic (exact) mass is 461 g/mol. The molecule has 0 radical (unpaired) electrons. The molecule has 7 nitrogen and oxygen atoms in total. The Morgan fingerprint density at radius 2 is 1.97 bits per heavy atom. The molecule has 0 saturated heterocycles. The molecule has 3 heterocycles. The fourth-order valence-corrected chi connectivity index (χ4v) is 4.07. The summed E-state index contributed by atoms with van der Waals surface area (Å²) < 4.78 is 18.8. The van der Waals surface area contributed by atoms with Crippen molar-refractivity contribution in [3.63, 3.8) is 0 Å². The maximum atomic E-state index is 13.4. The van der Waals surface area contributed by atoms with Crippen LogP contribution >= 0.6 is 11.6 Å². The van der Waals surface area contributed by atoms with Crippen molar-refractivity contribution < 1.29 is 18.7 Å². The van der Waals surface area contributed by atoms with Gasteiger partial charge in [-0.1, -0.05) is 11.6 Å². The van der Waals surface area contributed by atoms with Crippen LogP contribution in [0.5, 0.6) is 11.8 Å². The highest BCUT2D eigenvalue weighted by atomic mass is 35.5. The van der Waals surface area contributed by atoms with Crippen LogP contribution < -0.4 is 9.47 Å². The predicted molar refractivity (Wildman–Crippen MR) is 125 cm³/mol. The Labute approximate surface area is 194 Å². The van der Waals surface area contributed by atoms with E-state index in [-0.39, 0.29) is 11.9 Å². The molecule has 5 rings (SSSR count). The summed E-state index contributed by atoms with van der Waals surface area (Å²) in [4.78, 5) is 21.8. The second-order valence-corrected chi connectivity index (χ2v) is 7.92. The summed E-state index contributed by atoms with van der Waals surface area (Å²) in [7, 11) is 1.61. The number of fused-ring (bicyclic) bond motifs is 2. The summed E-state index contributed by atoms with van der Waals surface area (Å²) in [6.07, 6.45) is 1.81. The quantitative estimate of drug-likeness (QED) is 0.299. The molecule has 0 unspecified atom stereocenters. The second kappa shape index (κ2) is 8.60. The van der Waals surface area contributed by atoms with E-state index in [1.165, 1.54) is 0 Å². The van der Waals surface area contributed by atoms with Crippen LogP contribution in [0.3, 0.4) is 0 Å². The van der Waals surface area contributed by atoms with E-state index in [4.69, 9.17) is 25.5 Å². The molecular weight excluding hydrogens is 442 g/mol. The smallest absolute Gasteiger partial charge is 0.396 e. The van der Waals surface area contributed by atoms with Crippen LogP contribution in [-0.2, 0) is 6.54 Å². The minimum absolute atomic E-state index is 0.0767. The third kappa shape index (κ3) is 3.91. The van der Waals surface area contributed by atoms with Crippen molar-refractivity contribution in [1.82, 2.24) is 14.5 Å². The van der Waals surface area contributed by atoms with Gasteiger partial charge in [0.05, 0.1) is 19.2 Å². The van der Waals surface area contributed by atoms with Crippen LogP contribution in [0.2, 0.25) is 5.02 Å². The minimum atomic E-state index is -0.0767. The fraction of sp³-hybridized carbons (Fsp3) is 0.160. The highest BCUT2D eigenvalue weighted by Crippen LogP contribution is 2.31. The largest absolute Gasteiger partial charge is 0.497 e. The molecule has 166 valence electrons. The zero-order valence-electron chi connectivity index (χ0n) is 18.0. The number of aromatic nitrogens is 3. The van der Waals surface area contributed by atoms with Gasteiger partial charge in [-0.15, -0.1) is 0 Å². The molecule has 0 aliphatic rings. The van der Waals surface area contributed by atoms with Crippen molar-refractivity contribution in [3.05, 3.63) is 82.6 Å². The van der Waals surface area contributed by atoms with Crippen molar-refractivity contribution in [2.45, 2.75) is 13.5 Å². The molecule has 0 atom stereocenters. The lowest BCUT2D eigenvalue weighted by Crippen LogP contribution is -2.11. The van der Waals surface area contributed by atoms with E-state index in [9.17, 15) is 4.79 Å². The van der Waals surface area contributed by atoms with Gasteiger partial charge in [-0.25, -0.2) is 4.98 Å². The summed E-state index contributed by atoms with van der Waals surface area (Å²) >= 11 is 6.00. The summed E-state index contributed by atoms with van der Waals surface area (Å²) in [5.41, 5.74) is 4.00. The molecule has 0 fully saturated rings. The highest BCUT2D eigenvalue weighted by molar-refractivity contribution is 6.30. The average molecular weight is 462 g/mol. The van der Waals surface area contributed by atoms with Crippen LogP contribution in [0.15, 0.2) is 65.2 Å². The number of rotatable bonds is 7. The summed E-state index contributed by atoms with van der Waals surface area (Å²) in [6.45, 7) is 2.73. The number of ether oxygens (including phenoxy) is 2.